The number of carboxylic acids is 1. The van der Waals surface area contributed by atoms with E-state index in [2.05, 4.69) is 0 Å². The lowest BCUT2D eigenvalue weighted by atomic mass is 10.1. The van der Waals surface area contributed by atoms with Gasteiger partial charge in [0, 0.05) is 38.7 Å². The van der Waals surface area contributed by atoms with Crippen LogP contribution in [0.5, 0.6) is 0 Å². The normalized spacial score (nSPS) is 14.2. The molecule has 2 aromatic rings. The predicted octanol–water partition coefficient (Wildman–Crippen LogP) is 2.38. The van der Waals surface area contributed by atoms with E-state index >= 15 is 0 Å². The van der Waals surface area contributed by atoms with Gasteiger partial charge in [-0.05, 0) is 18.1 Å². The molecule has 7 nitrogen and oxygen atoms in total. The second kappa shape index (κ2) is 8.29. The summed E-state index contributed by atoms with van der Waals surface area (Å²) in [5.41, 5.74) is 2.12. The minimum absolute atomic E-state index is 0.0258. The average molecular weight is 384 g/mol. The van der Waals surface area contributed by atoms with Crippen molar-refractivity contribution in [3.8, 4) is 0 Å². The molecule has 0 saturated carbocycles. The van der Waals surface area contributed by atoms with E-state index in [0.717, 1.165) is 11.1 Å². The number of carbonyl (C=O) groups is 3. The van der Waals surface area contributed by atoms with Crippen LogP contribution in [-0.4, -0.2) is 58.9 Å². The molecule has 0 aliphatic carbocycles. The summed E-state index contributed by atoms with van der Waals surface area (Å²) in [5.74, 6) is -1.07. The maximum atomic E-state index is 12.7. The van der Waals surface area contributed by atoms with Gasteiger partial charge in [0.05, 0.1) is 6.42 Å². The van der Waals surface area contributed by atoms with Crippen LogP contribution in [0.25, 0.3) is 0 Å². The van der Waals surface area contributed by atoms with E-state index < -0.39 is 5.97 Å². The molecule has 1 aliphatic rings. The SMILES string of the molecule is CCc1oc(C(=O)N2CCN(C(=O)Cc3ccccc3C)CC2)cc1C(=O)O. The molecule has 28 heavy (non-hydrogen) atoms. The fraction of sp³-hybridized carbons (Fsp3) is 0.381. The molecule has 0 radical (unpaired) electrons. The van der Waals surface area contributed by atoms with E-state index in [9.17, 15) is 19.5 Å². The highest BCUT2D eigenvalue weighted by Gasteiger charge is 2.28. The second-order valence-electron chi connectivity index (χ2n) is 6.88. The third-order valence-corrected chi connectivity index (χ3v) is 5.09. The number of aryl methyl sites for hydroxylation is 2. The molecule has 2 heterocycles. The second-order valence-corrected chi connectivity index (χ2v) is 6.88. The molecule has 0 bridgehead atoms. The first kappa shape index (κ1) is 19.7. The van der Waals surface area contributed by atoms with Crippen LogP contribution < -0.4 is 0 Å². The van der Waals surface area contributed by atoms with Crippen LogP contribution in [0.3, 0.4) is 0 Å². The molecule has 1 N–H and O–H groups in total. The number of piperazine rings is 1. The van der Waals surface area contributed by atoms with Crippen LogP contribution >= 0.6 is 0 Å². The molecule has 0 atom stereocenters. The smallest absolute Gasteiger partial charge is 0.339 e. The molecule has 0 spiro atoms. The van der Waals surface area contributed by atoms with Crippen LogP contribution in [0.2, 0.25) is 0 Å². The topological polar surface area (TPSA) is 91.1 Å². The summed E-state index contributed by atoms with van der Waals surface area (Å²) < 4.78 is 5.45. The largest absolute Gasteiger partial charge is 0.478 e. The van der Waals surface area contributed by atoms with Crippen molar-refractivity contribution in [3.63, 3.8) is 0 Å². The number of nitrogens with zero attached hydrogens (tertiary/aromatic N) is 2. The van der Waals surface area contributed by atoms with E-state index in [4.69, 9.17) is 4.42 Å². The molecule has 0 unspecified atom stereocenters. The highest BCUT2D eigenvalue weighted by Crippen LogP contribution is 2.19. The summed E-state index contributed by atoms with van der Waals surface area (Å²) in [4.78, 5) is 39.8. The Kier molecular flexibility index (Phi) is 5.82. The van der Waals surface area contributed by atoms with Crippen molar-refractivity contribution < 1.29 is 23.9 Å². The maximum absolute atomic E-state index is 12.7. The Hall–Kier alpha value is -3.09. The van der Waals surface area contributed by atoms with E-state index in [1.54, 1.807) is 16.7 Å². The summed E-state index contributed by atoms with van der Waals surface area (Å²) >= 11 is 0. The van der Waals surface area contributed by atoms with E-state index in [1.165, 1.54) is 6.07 Å². The zero-order chi connectivity index (χ0) is 20.3. The molecular formula is C21H24N2O5. The summed E-state index contributed by atoms with van der Waals surface area (Å²) in [6, 6.07) is 9.10. The molecule has 1 fully saturated rings. The maximum Gasteiger partial charge on any atom is 0.339 e. The number of aromatic carboxylic acids is 1. The van der Waals surface area contributed by atoms with Crippen LogP contribution in [-0.2, 0) is 17.6 Å². The number of hydrogen-bond donors (Lipinski definition) is 1. The van der Waals surface area contributed by atoms with Gasteiger partial charge in [-0.3, -0.25) is 9.59 Å². The van der Waals surface area contributed by atoms with Gasteiger partial charge in [0.1, 0.15) is 11.3 Å². The zero-order valence-electron chi connectivity index (χ0n) is 16.1. The zero-order valence-corrected chi connectivity index (χ0v) is 16.1. The Morgan fingerprint density at radius 3 is 2.29 bits per heavy atom. The third kappa shape index (κ3) is 4.08. The molecule has 2 amide bonds. The minimum atomic E-state index is -1.11. The van der Waals surface area contributed by atoms with Crippen molar-refractivity contribution in [1.82, 2.24) is 9.80 Å². The number of carboxylic acid groups (broad SMARTS) is 1. The number of furan rings is 1. The lowest BCUT2D eigenvalue weighted by Gasteiger charge is -2.34. The van der Waals surface area contributed by atoms with Gasteiger partial charge in [-0.2, -0.15) is 0 Å². The predicted molar refractivity (Wildman–Crippen MR) is 102 cm³/mol. The molecule has 3 rings (SSSR count). The Bertz CT molecular complexity index is 894. The lowest BCUT2D eigenvalue weighted by Crippen LogP contribution is -2.51. The van der Waals surface area contributed by atoms with Gasteiger partial charge in [0.25, 0.3) is 5.91 Å². The fourth-order valence-electron chi connectivity index (χ4n) is 3.38. The van der Waals surface area contributed by atoms with Gasteiger partial charge < -0.3 is 19.3 Å². The van der Waals surface area contributed by atoms with Crippen molar-refractivity contribution in [2.45, 2.75) is 26.7 Å². The Balaban J connectivity index is 1.60. The quantitative estimate of drug-likeness (QED) is 0.855. The Labute approximate surface area is 163 Å². The van der Waals surface area contributed by atoms with Gasteiger partial charge in [-0.1, -0.05) is 31.2 Å². The van der Waals surface area contributed by atoms with Crippen molar-refractivity contribution in [2.24, 2.45) is 0 Å². The fourth-order valence-corrected chi connectivity index (χ4v) is 3.38. The highest BCUT2D eigenvalue weighted by atomic mass is 16.4. The van der Waals surface area contributed by atoms with Crippen molar-refractivity contribution >= 4 is 17.8 Å². The van der Waals surface area contributed by atoms with Crippen molar-refractivity contribution in [2.75, 3.05) is 26.2 Å². The van der Waals surface area contributed by atoms with Crippen molar-refractivity contribution in [1.29, 1.82) is 0 Å². The van der Waals surface area contributed by atoms with Crippen molar-refractivity contribution in [3.05, 3.63) is 58.5 Å². The molecule has 148 valence electrons. The number of rotatable bonds is 5. The average Bonchev–Trinajstić information content (AvgIpc) is 3.14. The Morgan fingerprint density at radius 1 is 1.07 bits per heavy atom. The Morgan fingerprint density at radius 2 is 1.71 bits per heavy atom. The molecule has 1 saturated heterocycles. The molecule has 1 aromatic carbocycles. The van der Waals surface area contributed by atoms with E-state index in [1.807, 2.05) is 31.2 Å². The number of carbonyl (C=O) groups excluding carboxylic acids is 2. The molecular weight excluding hydrogens is 360 g/mol. The standard InChI is InChI=1S/C21H24N2O5/c1-3-17-16(21(26)27)13-18(28-17)20(25)23-10-8-22(9-11-23)19(24)12-15-7-5-4-6-14(15)2/h4-7,13H,3,8-12H2,1-2H3,(H,26,27). The van der Waals surface area contributed by atoms with Gasteiger partial charge in [0.2, 0.25) is 5.91 Å². The van der Waals surface area contributed by atoms with Gasteiger partial charge in [-0.25, -0.2) is 4.79 Å². The summed E-state index contributed by atoms with van der Waals surface area (Å²) in [6.45, 7) is 5.44. The first-order valence-corrected chi connectivity index (χ1v) is 9.38. The monoisotopic (exact) mass is 384 g/mol. The van der Waals surface area contributed by atoms with Crippen LogP contribution in [0.1, 0.15) is 44.7 Å². The van der Waals surface area contributed by atoms with Crippen LogP contribution in [0, 0.1) is 6.92 Å². The minimum Gasteiger partial charge on any atom is -0.478 e. The van der Waals surface area contributed by atoms with E-state index in [0.29, 0.717) is 44.8 Å². The first-order chi connectivity index (χ1) is 13.4. The highest BCUT2D eigenvalue weighted by molar-refractivity contribution is 5.96. The van der Waals surface area contributed by atoms with Gasteiger partial charge in [0.15, 0.2) is 5.76 Å². The number of hydrogen-bond acceptors (Lipinski definition) is 4. The van der Waals surface area contributed by atoms with E-state index in [-0.39, 0.29) is 23.1 Å². The summed E-state index contributed by atoms with van der Waals surface area (Å²) in [6.07, 6.45) is 0.747. The molecule has 7 heteroatoms. The summed E-state index contributed by atoms with van der Waals surface area (Å²) in [5, 5.41) is 9.21. The lowest BCUT2D eigenvalue weighted by molar-refractivity contribution is -0.131. The van der Waals surface area contributed by atoms with Crippen LogP contribution in [0.15, 0.2) is 34.7 Å². The number of benzene rings is 1. The first-order valence-electron chi connectivity index (χ1n) is 9.38. The molecule has 1 aromatic heterocycles. The summed E-state index contributed by atoms with van der Waals surface area (Å²) in [7, 11) is 0. The van der Waals surface area contributed by atoms with Gasteiger partial charge in [-0.15, -0.1) is 0 Å². The third-order valence-electron chi connectivity index (χ3n) is 5.09. The molecule has 1 aliphatic heterocycles. The number of amides is 2. The van der Waals surface area contributed by atoms with Gasteiger partial charge >= 0.3 is 5.97 Å². The van der Waals surface area contributed by atoms with Crippen LogP contribution in [0.4, 0.5) is 0 Å².